The van der Waals surface area contributed by atoms with E-state index in [2.05, 4.69) is 13.8 Å². The minimum absolute atomic E-state index is 0.0844. The van der Waals surface area contributed by atoms with Crippen LogP contribution in [0.5, 0.6) is 0 Å². The van der Waals surface area contributed by atoms with Crippen molar-refractivity contribution in [2.24, 2.45) is 11.8 Å². The van der Waals surface area contributed by atoms with Crippen molar-refractivity contribution in [3.05, 3.63) is 0 Å². The first kappa shape index (κ1) is 23.9. The molecule has 0 spiro atoms. The topological polar surface area (TPSA) is 52.6 Å². The van der Waals surface area contributed by atoms with Crippen LogP contribution in [0.1, 0.15) is 117 Å². The molecule has 0 heterocycles. The molecule has 4 rings (SSSR count). The van der Waals surface area contributed by atoms with E-state index in [1.165, 1.54) is 6.42 Å². The van der Waals surface area contributed by atoms with Crippen LogP contribution in [-0.4, -0.2) is 36.0 Å². The van der Waals surface area contributed by atoms with Crippen LogP contribution in [0.3, 0.4) is 0 Å². The lowest BCUT2D eigenvalue weighted by Gasteiger charge is -2.61. The standard InChI is InChI=1S/C26H44O4/c1-3-5-7-9-23(27)11-13-29-25-16-21-15-22(17-25)19-26(18-21,20-25)30-14-12-24(28)10-8-6-4-2/h21-22H,3-20H2,1-2H3. The van der Waals surface area contributed by atoms with Gasteiger partial charge in [-0.1, -0.05) is 39.5 Å². The van der Waals surface area contributed by atoms with Gasteiger partial charge in [0.2, 0.25) is 0 Å². The molecule has 4 saturated carbocycles. The van der Waals surface area contributed by atoms with Gasteiger partial charge in [0.15, 0.2) is 0 Å². The molecule has 0 aromatic rings. The first-order chi connectivity index (χ1) is 14.5. The molecule has 0 radical (unpaired) electrons. The fourth-order valence-electron chi connectivity index (χ4n) is 6.59. The van der Waals surface area contributed by atoms with E-state index in [4.69, 9.17) is 9.47 Å². The molecule has 4 bridgehead atoms. The maximum atomic E-state index is 12.1. The number of rotatable bonds is 16. The molecule has 4 nitrogen and oxygen atoms in total. The summed E-state index contributed by atoms with van der Waals surface area (Å²) < 4.78 is 12.9. The zero-order chi connectivity index (χ0) is 21.5. The zero-order valence-corrected chi connectivity index (χ0v) is 19.5. The number of Topliss-reactive ketones (excluding diaryl/α,β-unsaturated/α-hetero) is 2. The molecule has 0 saturated heterocycles. The highest BCUT2D eigenvalue weighted by molar-refractivity contribution is 5.78. The third-order valence-corrected chi connectivity index (χ3v) is 7.65. The molecule has 4 heteroatoms. The maximum Gasteiger partial charge on any atom is 0.135 e. The van der Waals surface area contributed by atoms with Gasteiger partial charge in [-0.25, -0.2) is 0 Å². The highest BCUT2D eigenvalue weighted by atomic mass is 16.5. The lowest BCUT2D eigenvalue weighted by molar-refractivity contribution is -0.236. The predicted octanol–water partition coefficient (Wildman–Crippen LogP) is 6.19. The van der Waals surface area contributed by atoms with Crippen LogP contribution in [0.25, 0.3) is 0 Å². The van der Waals surface area contributed by atoms with Crippen LogP contribution in [0, 0.1) is 11.8 Å². The van der Waals surface area contributed by atoms with E-state index in [1.807, 2.05) is 0 Å². The average molecular weight is 421 g/mol. The third-order valence-electron chi connectivity index (χ3n) is 7.65. The van der Waals surface area contributed by atoms with Crippen LogP contribution in [0.15, 0.2) is 0 Å². The normalized spacial score (nSPS) is 31.9. The first-order valence-corrected chi connectivity index (χ1v) is 12.8. The van der Waals surface area contributed by atoms with Crippen molar-refractivity contribution < 1.29 is 19.1 Å². The fourth-order valence-corrected chi connectivity index (χ4v) is 6.59. The van der Waals surface area contributed by atoms with Crippen molar-refractivity contribution in [3.8, 4) is 0 Å². The predicted molar refractivity (Wildman–Crippen MR) is 120 cm³/mol. The Hall–Kier alpha value is -0.740. The van der Waals surface area contributed by atoms with Gasteiger partial charge < -0.3 is 9.47 Å². The summed E-state index contributed by atoms with van der Waals surface area (Å²) in [6, 6.07) is 0. The summed E-state index contributed by atoms with van der Waals surface area (Å²) >= 11 is 0. The summed E-state index contributed by atoms with van der Waals surface area (Å²) in [5.74, 6) is 2.07. The summed E-state index contributed by atoms with van der Waals surface area (Å²) in [7, 11) is 0. The molecule has 4 aliphatic rings. The molecule has 4 aliphatic carbocycles. The Morgan fingerprint density at radius 1 is 0.700 bits per heavy atom. The maximum absolute atomic E-state index is 12.1. The molecule has 30 heavy (non-hydrogen) atoms. The summed E-state index contributed by atoms with van der Waals surface area (Å²) in [4.78, 5) is 24.3. The van der Waals surface area contributed by atoms with E-state index < -0.39 is 0 Å². The minimum atomic E-state index is -0.0844. The highest BCUT2D eigenvalue weighted by Crippen LogP contribution is 2.60. The summed E-state index contributed by atoms with van der Waals surface area (Å²) in [5.41, 5.74) is -0.169. The van der Waals surface area contributed by atoms with Gasteiger partial charge in [-0.05, 0) is 56.8 Å². The van der Waals surface area contributed by atoms with Crippen molar-refractivity contribution >= 4 is 11.6 Å². The van der Waals surface area contributed by atoms with Crippen LogP contribution < -0.4 is 0 Å². The number of unbranched alkanes of at least 4 members (excludes halogenated alkanes) is 4. The molecule has 0 aromatic carbocycles. The second-order valence-electron chi connectivity index (χ2n) is 10.5. The van der Waals surface area contributed by atoms with E-state index in [0.717, 1.165) is 70.6 Å². The summed E-state index contributed by atoms with van der Waals surface area (Å²) in [5, 5.41) is 0. The van der Waals surface area contributed by atoms with Crippen molar-refractivity contribution in [3.63, 3.8) is 0 Å². The van der Waals surface area contributed by atoms with Gasteiger partial charge in [-0.15, -0.1) is 0 Å². The molecule has 0 N–H and O–H groups in total. The molecule has 0 atom stereocenters. The van der Waals surface area contributed by atoms with E-state index in [9.17, 15) is 9.59 Å². The van der Waals surface area contributed by atoms with Crippen molar-refractivity contribution in [1.29, 1.82) is 0 Å². The molecule has 4 fully saturated rings. The number of carbonyl (C=O) groups is 2. The molecular formula is C26H44O4. The number of hydrogen-bond donors (Lipinski definition) is 0. The lowest BCUT2D eigenvalue weighted by atomic mass is 9.52. The third kappa shape index (κ3) is 6.63. The van der Waals surface area contributed by atoms with Gasteiger partial charge in [0.25, 0.3) is 0 Å². The summed E-state index contributed by atoms with van der Waals surface area (Å²) in [6.07, 6.45) is 15.9. The number of ketones is 2. The van der Waals surface area contributed by atoms with Gasteiger partial charge in [0, 0.05) is 32.1 Å². The van der Waals surface area contributed by atoms with E-state index in [1.54, 1.807) is 0 Å². The SMILES string of the molecule is CCCCCC(=O)CCOC12CC3CC(C1)CC(OCCC(=O)CCCCC)(C3)C2. The lowest BCUT2D eigenvalue weighted by Crippen LogP contribution is -2.61. The van der Waals surface area contributed by atoms with Gasteiger partial charge in [0.05, 0.1) is 24.4 Å². The zero-order valence-electron chi connectivity index (χ0n) is 19.5. The molecule has 172 valence electrons. The Morgan fingerprint density at radius 2 is 1.13 bits per heavy atom. The Bertz CT molecular complexity index is 509. The Morgan fingerprint density at radius 3 is 1.53 bits per heavy atom. The van der Waals surface area contributed by atoms with Crippen molar-refractivity contribution in [2.45, 2.75) is 128 Å². The molecule has 0 aliphatic heterocycles. The largest absolute Gasteiger partial charge is 0.374 e. The molecule has 0 amide bonds. The minimum Gasteiger partial charge on any atom is -0.374 e. The van der Waals surface area contributed by atoms with Gasteiger partial charge in [-0.2, -0.15) is 0 Å². The van der Waals surface area contributed by atoms with Crippen LogP contribution in [0.4, 0.5) is 0 Å². The molecular weight excluding hydrogens is 376 g/mol. The van der Waals surface area contributed by atoms with E-state index in [-0.39, 0.29) is 11.2 Å². The molecule has 0 unspecified atom stereocenters. The second-order valence-corrected chi connectivity index (χ2v) is 10.5. The summed E-state index contributed by atoms with van der Waals surface area (Å²) in [6.45, 7) is 5.47. The van der Waals surface area contributed by atoms with Crippen molar-refractivity contribution in [2.75, 3.05) is 13.2 Å². The van der Waals surface area contributed by atoms with Crippen LogP contribution in [-0.2, 0) is 19.1 Å². The van der Waals surface area contributed by atoms with Crippen LogP contribution in [0.2, 0.25) is 0 Å². The highest BCUT2D eigenvalue weighted by Gasteiger charge is 2.59. The molecule has 0 aromatic heterocycles. The fraction of sp³-hybridized carbons (Fsp3) is 0.923. The first-order valence-electron chi connectivity index (χ1n) is 12.8. The van der Waals surface area contributed by atoms with Crippen LogP contribution >= 0.6 is 0 Å². The smallest absolute Gasteiger partial charge is 0.135 e. The monoisotopic (exact) mass is 420 g/mol. The number of hydrogen-bond acceptors (Lipinski definition) is 4. The van der Waals surface area contributed by atoms with E-state index in [0.29, 0.717) is 62.3 Å². The Kier molecular flexibility index (Phi) is 8.94. The number of carbonyl (C=O) groups excluding carboxylic acids is 2. The number of ether oxygens (including phenoxy) is 2. The van der Waals surface area contributed by atoms with Crippen molar-refractivity contribution in [1.82, 2.24) is 0 Å². The average Bonchev–Trinajstić information content (AvgIpc) is 2.67. The van der Waals surface area contributed by atoms with Gasteiger partial charge in [-0.3, -0.25) is 9.59 Å². The Labute approximate surface area is 183 Å². The quantitative estimate of drug-likeness (QED) is 0.279. The second kappa shape index (κ2) is 11.2. The van der Waals surface area contributed by atoms with Gasteiger partial charge >= 0.3 is 0 Å². The Balaban J connectivity index is 1.45. The van der Waals surface area contributed by atoms with E-state index >= 15 is 0 Å². The van der Waals surface area contributed by atoms with Gasteiger partial charge in [0.1, 0.15) is 11.6 Å².